The molecular formula is C22H28ClN5. The smallest absolute Gasteiger partial charge is 0.145 e. The highest BCUT2D eigenvalue weighted by molar-refractivity contribution is 6.31. The van der Waals surface area contributed by atoms with E-state index in [0.29, 0.717) is 11.4 Å². The van der Waals surface area contributed by atoms with Gasteiger partial charge in [0.05, 0.1) is 22.8 Å². The number of aliphatic imine (C=N–C) groups is 1. The van der Waals surface area contributed by atoms with Crippen LogP contribution in [0.4, 0.5) is 0 Å². The fraction of sp³-hybridized carbons (Fsp3) is 0.455. The Morgan fingerprint density at radius 1 is 1.25 bits per heavy atom. The maximum Gasteiger partial charge on any atom is 0.145 e. The van der Waals surface area contributed by atoms with Crippen molar-refractivity contribution in [3.8, 4) is 0 Å². The van der Waals surface area contributed by atoms with Gasteiger partial charge < -0.3 is 0 Å². The summed E-state index contributed by atoms with van der Waals surface area (Å²) >= 11 is 6.58. The van der Waals surface area contributed by atoms with Crippen molar-refractivity contribution >= 4 is 17.3 Å². The summed E-state index contributed by atoms with van der Waals surface area (Å²) in [4.78, 5) is 20.6. The molecule has 1 fully saturated rings. The van der Waals surface area contributed by atoms with Gasteiger partial charge in [-0.2, -0.15) is 0 Å². The van der Waals surface area contributed by atoms with Gasteiger partial charge in [-0.05, 0) is 57.0 Å². The van der Waals surface area contributed by atoms with Gasteiger partial charge in [0.25, 0.3) is 0 Å². The van der Waals surface area contributed by atoms with Gasteiger partial charge in [-0.25, -0.2) is 9.97 Å². The molecule has 0 aliphatic carbocycles. The molecule has 0 spiro atoms. The molecule has 2 aromatic heterocycles. The van der Waals surface area contributed by atoms with Crippen LogP contribution in [0.2, 0.25) is 5.02 Å². The van der Waals surface area contributed by atoms with E-state index in [4.69, 9.17) is 16.6 Å². The molecule has 2 aromatic rings. The second-order valence-electron chi connectivity index (χ2n) is 7.11. The Balaban J connectivity index is 1.85. The van der Waals surface area contributed by atoms with Crippen molar-refractivity contribution in [2.45, 2.75) is 51.1 Å². The Labute approximate surface area is 172 Å². The summed E-state index contributed by atoms with van der Waals surface area (Å²) in [5.41, 5.74) is 2.96. The minimum absolute atomic E-state index is 0.156. The molecule has 6 heteroatoms. The third kappa shape index (κ3) is 4.83. The molecule has 0 radical (unpaired) electrons. The van der Waals surface area contributed by atoms with Crippen molar-refractivity contribution < 1.29 is 0 Å². The van der Waals surface area contributed by atoms with E-state index in [0.717, 1.165) is 48.6 Å². The number of pyridine rings is 1. The Morgan fingerprint density at radius 3 is 2.71 bits per heavy atom. The first kappa shape index (κ1) is 20.6. The van der Waals surface area contributed by atoms with Gasteiger partial charge in [0.15, 0.2) is 0 Å². The van der Waals surface area contributed by atoms with E-state index < -0.39 is 0 Å². The second kappa shape index (κ2) is 9.89. The van der Waals surface area contributed by atoms with Crippen molar-refractivity contribution in [2.24, 2.45) is 4.99 Å². The molecule has 0 saturated carbocycles. The van der Waals surface area contributed by atoms with Crippen LogP contribution in [0.15, 0.2) is 47.7 Å². The molecule has 0 aromatic carbocycles. The highest BCUT2D eigenvalue weighted by atomic mass is 35.5. The first-order valence-electron chi connectivity index (χ1n) is 9.90. The van der Waals surface area contributed by atoms with Crippen molar-refractivity contribution in [2.75, 3.05) is 14.1 Å². The fourth-order valence-corrected chi connectivity index (χ4v) is 3.97. The summed E-state index contributed by atoms with van der Waals surface area (Å²) in [6.07, 6.45) is 12.7. The van der Waals surface area contributed by atoms with Crippen LogP contribution in [0.1, 0.15) is 61.9 Å². The van der Waals surface area contributed by atoms with Gasteiger partial charge in [-0.15, -0.1) is 0 Å². The molecule has 1 aliphatic heterocycles. The minimum atomic E-state index is 0.156. The van der Waals surface area contributed by atoms with Crippen molar-refractivity contribution in [3.63, 3.8) is 0 Å². The summed E-state index contributed by atoms with van der Waals surface area (Å²) in [6.45, 7) is 2.12. The standard InChI is InChI=1S/C22H28ClN5/c1-4-5-8-16(24-2)15-17-11-12-18(23)21(27-17)19-9-6-10-20(28(19)3)22-25-13-7-14-26-22/h5,7-8,11-14,19-20H,4,6,9-10,15H2,1-3H3/b8-5-,24-16?. The van der Waals surface area contributed by atoms with Gasteiger partial charge in [0.1, 0.15) is 5.82 Å². The molecule has 1 aliphatic rings. The largest absolute Gasteiger partial charge is 0.293 e. The topological polar surface area (TPSA) is 54.3 Å². The zero-order chi connectivity index (χ0) is 19.9. The van der Waals surface area contributed by atoms with E-state index in [1.807, 2.05) is 25.2 Å². The molecule has 5 nitrogen and oxygen atoms in total. The first-order chi connectivity index (χ1) is 13.6. The average molecular weight is 398 g/mol. The lowest BCUT2D eigenvalue weighted by atomic mass is 9.93. The van der Waals surface area contributed by atoms with E-state index in [1.165, 1.54) is 0 Å². The minimum Gasteiger partial charge on any atom is -0.293 e. The van der Waals surface area contributed by atoms with Crippen LogP contribution < -0.4 is 0 Å². The Morgan fingerprint density at radius 2 is 2.00 bits per heavy atom. The van der Waals surface area contributed by atoms with Crippen LogP contribution in [-0.2, 0) is 6.42 Å². The van der Waals surface area contributed by atoms with E-state index >= 15 is 0 Å². The van der Waals surface area contributed by atoms with Crippen molar-refractivity contribution in [1.29, 1.82) is 0 Å². The quantitative estimate of drug-likeness (QED) is 0.643. The number of aromatic nitrogens is 3. The van der Waals surface area contributed by atoms with Gasteiger partial charge in [0.2, 0.25) is 0 Å². The molecule has 0 amide bonds. The predicted octanol–water partition coefficient (Wildman–Crippen LogP) is 5.00. The molecule has 2 atom stereocenters. The molecule has 3 rings (SSSR count). The van der Waals surface area contributed by atoms with Crippen LogP contribution in [-0.4, -0.2) is 39.7 Å². The van der Waals surface area contributed by atoms with E-state index in [1.54, 1.807) is 12.4 Å². The average Bonchev–Trinajstić information content (AvgIpc) is 2.73. The van der Waals surface area contributed by atoms with Crippen molar-refractivity contribution in [1.82, 2.24) is 19.9 Å². The van der Waals surface area contributed by atoms with E-state index in [-0.39, 0.29) is 12.1 Å². The SMILES string of the molecule is CC/C=C\C(Cc1ccc(Cl)c(C2CCCC(c3ncccn3)N2C)n1)=NC. The molecule has 2 unspecified atom stereocenters. The van der Waals surface area contributed by atoms with Crippen LogP contribution in [0.3, 0.4) is 0 Å². The summed E-state index contributed by atoms with van der Waals surface area (Å²) in [7, 11) is 3.95. The summed E-state index contributed by atoms with van der Waals surface area (Å²) < 4.78 is 0. The highest BCUT2D eigenvalue weighted by Gasteiger charge is 2.33. The zero-order valence-electron chi connectivity index (χ0n) is 16.8. The van der Waals surface area contributed by atoms with Crippen LogP contribution >= 0.6 is 11.6 Å². The van der Waals surface area contributed by atoms with Crippen molar-refractivity contribution in [3.05, 3.63) is 65.0 Å². The number of hydrogen-bond donors (Lipinski definition) is 0. The molecule has 0 N–H and O–H groups in total. The van der Waals surface area contributed by atoms with Crippen LogP contribution in [0, 0.1) is 0 Å². The summed E-state index contributed by atoms with van der Waals surface area (Å²) in [5, 5.41) is 0.717. The Bertz CT molecular complexity index is 834. The lowest BCUT2D eigenvalue weighted by Crippen LogP contribution is -2.34. The predicted molar refractivity (Wildman–Crippen MR) is 115 cm³/mol. The van der Waals surface area contributed by atoms with Crippen LogP contribution in [0.25, 0.3) is 0 Å². The first-order valence-corrected chi connectivity index (χ1v) is 10.3. The number of likely N-dealkylation sites (tertiary alicyclic amines) is 1. The summed E-state index contributed by atoms with van der Waals surface area (Å²) in [5.74, 6) is 0.868. The highest BCUT2D eigenvalue weighted by Crippen LogP contribution is 2.40. The third-order valence-electron chi connectivity index (χ3n) is 5.26. The van der Waals surface area contributed by atoms with Crippen LogP contribution in [0.5, 0.6) is 0 Å². The second-order valence-corrected chi connectivity index (χ2v) is 7.51. The number of allylic oxidation sites excluding steroid dienone is 2. The maximum absolute atomic E-state index is 6.58. The number of rotatable bonds is 6. The lowest BCUT2D eigenvalue weighted by Gasteiger charge is -2.38. The number of hydrogen-bond acceptors (Lipinski definition) is 5. The normalized spacial score (nSPS) is 21.4. The number of nitrogens with zero attached hydrogens (tertiary/aromatic N) is 5. The van der Waals surface area contributed by atoms with Gasteiger partial charge in [-0.1, -0.05) is 24.6 Å². The molecular weight excluding hydrogens is 370 g/mol. The Hall–Kier alpha value is -2.11. The number of piperidine rings is 1. The molecule has 1 saturated heterocycles. The van der Waals surface area contributed by atoms with E-state index in [9.17, 15) is 0 Å². The zero-order valence-corrected chi connectivity index (χ0v) is 17.6. The van der Waals surface area contributed by atoms with Gasteiger partial charge in [0, 0.05) is 37.3 Å². The Kier molecular flexibility index (Phi) is 7.29. The van der Waals surface area contributed by atoms with Gasteiger partial charge >= 0.3 is 0 Å². The molecule has 28 heavy (non-hydrogen) atoms. The number of halogens is 1. The van der Waals surface area contributed by atoms with Gasteiger partial charge in [-0.3, -0.25) is 14.9 Å². The summed E-state index contributed by atoms with van der Waals surface area (Å²) in [6, 6.07) is 6.15. The molecule has 148 valence electrons. The molecule has 3 heterocycles. The monoisotopic (exact) mass is 397 g/mol. The lowest BCUT2D eigenvalue weighted by molar-refractivity contribution is 0.106. The maximum atomic E-state index is 6.58. The fourth-order valence-electron chi connectivity index (χ4n) is 3.74. The van der Waals surface area contributed by atoms with E-state index in [2.05, 4.69) is 46.0 Å². The molecule has 0 bridgehead atoms. The third-order valence-corrected chi connectivity index (χ3v) is 5.58.